The standard InChI is InChI=1S/C10H20O7.C4H4O4/c1-3-9(16,7(13)6(12)5-11)10(17,4-2)8(14)15;5-3-1-4(6)8-2-7-3/h6-7,11-13,16-17H,3-5H2,1-2H3,(H,14,15);1-2H2/t6-,7-,9+,10+;/m1./s1. The second-order valence-corrected chi connectivity index (χ2v) is 5.32. The number of carboxylic acid groups (broad SMARTS) is 1. The Labute approximate surface area is 143 Å². The third kappa shape index (κ3) is 5.34. The van der Waals surface area contributed by atoms with Crippen molar-refractivity contribution < 1.29 is 54.5 Å². The number of aliphatic carboxylic acids is 1. The summed E-state index contributed by atoms with van der Waals surface area (Å²) in [6.45, 7) is 1.60. The van der Waals surface area contributed by atoms with Crippen LogP contribution in [0.1, 0.15) is 33.1 Å². The molecule has 1 aliphatic rings. The second-order valence-electron chi connectivity index (χ2n) is 5.32. The van der Waals surface area contributed by atoms with Crippen molar-refractivity contribution in [3.05, 3.63) is 0 Å². The van der Waals surface area contributed by atoms with Crippen molar-refractivity contribution in [2.45, 2.75) is 56.5 Å². The van der Waals surface area contributed by atoms with Gasteiger partial charge in [-0.2, -0.15) is 0 Å². The van der Waals surface area contributed by atoms with Crippen LogP contribution in [0.5, 0.6) is 0 Å². The van der Waals surface area contributed by atoms with E-state index in [4.69, 9.17) is 10.2 Å². The first-order valence-corrected chi connectivity index (χ1v) is 7.46. The third-order valence-electron chi connectivity index (χ3n) is 3.89. The van der Waals surface area contributed by atoms with Crippen molar-refractivity contribution in [3.63, 3.8) is 0 Å². The van der Waals surface area contributed by atoms with Gasteiger partial charge in [0.1, 0.15) is 24.2 Å². The highest BCUT2D eigenvalue weighted by Gasteiger charge is 2.58. The molecule has 0 aromatic carbocycles. The zero-order chi connectivity index (χ0) is 19.8. The summed E-state index contributed by atoms with van der Waals surface area (Å²) in [6.07, 6.45) is -4.63. The van der Waals surface area contributed by atoms with Crippen molar-refractivity contribution in [1.29, 1.82) is 0 Å². The number of hydrogen-bond acceptors (Lipinski definition) is 10. The van der Waals surface area contributed by atoms with Crippen LogP contribution in [0.15, 0.2) is 0 Å². The smallest absolute Gasteiger partial charge is 0.338 e. The van der Waals surface area contributed by atoms with Crippen molar-refractivity contribution in [1.82, 2.24) is 0 Å². The first kappa shape index (κ1) is 23.2. The van der Waals surface area contributed by atoms with Gasteiger partial charge in [-0.1, -0.05) is 13.8 Å². The maximum atomic E-state index is 11.0. The Kier molecular flexibility index (Phi) is 8.94. The molecule has 6 N–H and O–H groups in total. The molecule has 0 aromatic heterocycles. The molecule has 0 bridgehead atoms. The molecule has 4 atom stereocenters. The summed E-state index contributed by atoms with van der Waals surface area (Å²) in [7, 11) is 0. The van der Waals surface area contributed by atoms with E-state index >= 15 is 0 Å². The predicted octanol–water partition coefficient (Wildman–Crippen LogP) is -2.50. The molecule has 0 aromatic rings. The van der Waals surface area contributed by atoms with Crippen LogP contribution in [0.3, 0.4) is 0 Å². The number of aliphatic hydroxyl groups excluding tert-OH is 3. The van der Waals surface area contributed by atoms with E-state index in [2.05, 4.69) is 9.47 Å². The van der Waals surface area contributed by atoms with E-state index in [0.717, 1.165) is 0 Å². The van der Waals surface area contributed by atoms with Crippen molar-refractivity contribution in [3.8, 4) is 0 Å². The molecule has 11 nitrogen and oxygen atoms in total. The normalized spacial score (nSPS) is 21.4. The molecule has 0 saturated carbocycles. The summed E-state index contributed by atoms with van der Waals surface area (Å²) < 4.78 is 8.53. The van der Waals surface area contributed by atoms with E-state index in [1.807, 2.05) is 0 Å². The highest BCUT2D eigenvalue weighted by molar-refractivity contribution is 5.92. The highest BCUT2D eigenvalue weighted by Crippen LogP contribution is 2.34. The summed E-state index contributed by atoms with van der Waals surface area (Å²) in [6, 6.07) is 0. The number of carbonyl (C=O) groups excluding carboxylic acids is 2. The SMILES string of the molecule is CC[C@](O)(C(=O)O)[C@](O)(CC)[C@H](O)[C@H](O)CO.O=C1CC(=O)OCO1. The molecule has 1 rings (SSSR count). The van der Waals surface area contributed by atoms with Gasteiger partial charge < -0.3 is 40.1 Å². The summed E-state index contributed by atoms with van der Waals surface area (Å²) in [5.41, 5.74) is -5.05. The quantitative estimate of drug-likeness (QED) is 0.206. The van der Waals surface area contributed by atoms with E-state index in [1.165, 1.54) is 13.8 Å². The summed E-state index contributed by atoms with van der Waals surface area (Å²) in [5.74, 6) is -2.73. The molecule has 11 heteroatoms. The van der Waals surface area contributed by atoms with Gasteiger partial charge in [0.25, 0.3) is 0 Å². The average Bonchev–Trinajstić information content (AvgIpc) is 2.58. The van der Waals surface area contributed by atoms with Crippen LogP contribution < -0.4 is 0 Å². The van der Waals surface area contributed by atoms with Gasteiger partial charge in [-0.05, 0) is 12.8 Å². The number of cyclic esters (lactones) is 2. The Morgan fingerprint density at radius 3 is 1.84 bits per heavy atom. The maximum Gasteiger partial charge on any atom is 0.338 e. The number of aliphatic hydroxyl groups is 5. The Morgan fingerprint density at radius 2 is 1.60 bits per heavy atom. The molecule has 1 heterocycles. The zero-order valence-corrected chi connectivity index (χ0v) is 13.9. The van der Waals surface area contributed by atoms with Gasteiger partial charge in [-0.25, -0.2) is 4.79 Å². The number of hydrogen-bond donors (Lipinski definition) is 6. The monoisotopic (exact) mass is 368 g/mol. The Bertz CT molecular complexity index is 465. The number of carboxylic acids is 1. The predicted molar refractivity (Wildman–Crippen MR) is 78.9 cm³/mol. The van der Waals surface area contributed by atoms with Gasteiger partial charge in [0, 0.05) is 0 Å². The minimum Gasteiger partial charge on any atom is -0.479 e. The minimum absolute atomic E-state index is 0.225. The van der Waals surface area contributed by atoms with E-state index in [1.54, 1.807) is 0 Å². The lowest BCUT2D eigenvalue weighted by atomic mass is 9.73. The van der Waals surface area contributed by atoms with E-state index < -0.39 is 47.9 Å². The summed E-state index contributed by atoms with van der Waals surface area (Å²) in [4.78, 5) is 31.3. The van der Waals surface area contributed by atoms with Crippen LogP contribution in [0, 0.1) is 0 Å². The molecule has 0 aliphatic carbocycles. The van der Waals surface area contributed by atoms with E-state index in [-0.39, 0.29) is 26.1 Å². The van der Waals surface area contributed by atoms with Crippen LogP contribution in [0.2, 0.25) is 0 Å². The lowest BCUT2D eigenvalue weighted by Crippen LogP contribution is -2.67. The molecular formula is C14H24O11. The molecule has 146 valence electrons. The van der Waals surface area contributed by atoms with Gasteiger partial charge in [-0.15, -0.1) is 0 Å². The van der Waals surface area contributed by atoms with Crippen LogP contribution in [0.25, 0.3) is 0 Å². The highest BCUT2D eigenvalue weighted by atomic mass is 16.7. The third-order valence-corrected chi connectivity index (χ3v) is 3.89. The van der Waals surface area contributed by atoms with Gasteiger partial charge in [0.05, 0.1) is 6.61 Å². The fourth-order valence-corrected chi connectivity index (χ4v) is 2.19. The van der Waals surface area contributed by atoms with E-state index in [9.17, 15) is 34.8 Å². The molecule has 0 unspecified atom stereocenters. The van der Waals surface area contributed by atoms with E-state index in [0.29, 0.717) is 0 Å². The van der Waals surface area contributed by atoms with Gasteiger partial charge >= 0.3 is 17.9 Å². The molecular weight excluding hydrogens is 344 g/mol. The van der Waals surface area contributed by atoms with Crippen molar-refractivity contribution >= 4 is 17.9 Å². The van der Waals surface area contributed by atoms with Gasteiger partial charge in [0.15, 0.2) is 5.60 Å². The minimum atomic E-state index is -2.60. The summed E-state index contributed by atoms with van der Waals surface area (Å²) in [5, 5.41) is 56.6. The lowest BCUT2D eigenvalue weighted by molar-refractivity contribution is -0.235. The zero-order valence-electron chi connectivity index (χ0n) is 13.9. The molecule has 25 heavy (non-hydrogen) atoms. The molecule has 1 aliphatic heterocycles. The van der Waals surface area contributed by atoms with Crippen LogP contribution in [0.4, 0.5) is 0 Å². The van der Waals surface area contributed by atoms with Crippen molar-refractivity contribution in [2.24, 2.45) is 0 Å². The Morgan fingerprint density at radius 1 is 1.12 bits per heavy atom. The first-order chi connectivity index (χ1) is 11.5. The van der Waals surface area contributed by atoms with Crippen LogP contribution >= 0.6 is 0 Å². The number of ether oxygens (including phenoxy) is 2. The van der Waals surface area contributed by atoms with Gasteiger partial charge in [-0.3, -0.25) is 9.59 Å². The van der Waals surface area contributed by atoms with Crippen LogP contribution in [-0.2, 0) is 23.9 Å². The maximum absolute atomic E-state index is 11.0. The largest absolute Gasteiger partial charge is 0.479 e. The number of carbonyl (C=O) groups is 3. The topological polar surface area (TPSA) is 191 Å². The van der Waals surface area contributed by atoms with Crippen molar-refractivity contribution in [2.75, 3.05) is 13.4 Å². The Hall–Kier alpha value is -1.79. The van der Waals surface area contributed by atoms with Crippen LogP contribution in [-0.4, -0.2) is 85.4 Å². The fourth-order valence-electron chi connectivity index (χ4n) is 2.19. The molecule has 0 spiro atoms. The summed E-state index contributed by atoms with van der Waals surface area (Å²) >= 11 is 0. The number of rotatable bonds is 7. The second kappa shape index (κ2) is 9.63. The number of esters is 2. The lowest BCUT2D eigenvalue weighted by Gasteiger charge is -2.43. The molecule has 0 amide bonds. The molecule has 0 radical (unpaired) electrons. The fraction of sp³-hybridized carbons (Fsp3) is 0.786. The van der Waals surface area contributed by atoms with Gasteiger partial charge in [0.2, 0.25) is 6.79 Å². The Balaban J connectivity index is 0.000000593. The average molecular weight is 368 g/mol. The molecule has 1 fully saturated rings. The molecule has 1 saturated heterocycles. The first-order valence-electron chi connectivity index (χ1n) is 7.46.